The van der Waals surface area contributed by atoms with Crippen molar-refractivity contribution in [1.82, 2.24) is 15.0 Å². The minimum absolute atomic E-state index is 0.441. The van der Waals surface area contributed by atoms with E-state index in [2.05, 4.69) is 29.0 Å². The highest BCUT2D eigenvalue weighted by molar-refractivity contribution is 5.48. The van der Waals surface area contributed by atoms with E-state index in [1.807, 2.05) is 30.3 Å². The smallest absolute Gasteiger partial charge is 0.0858 e. The molecule has 0 fully saturated rings. The third-order valence-electron chi connectivity index (χ3n) is 2.73. The molecule has 1 aromatic carbocycles. The minimum Gasteiger partial charge on any atom is -0.383 e. The van der Waals surface area contributed by atoms with Gasteiger partial charge in [-0.1, -0.05) is 6.08 Å². The van der Waals surface area contributed by atoms with Gasteiger partial charge in [-0.2, -0.15) is 15.0 Å². The van der Waals surface area contributed by atoms with Crippen molar-refractivity contribution in [1.29, 1.82) is 0 Å². The summed E-state index contributed by atoms with van der Waals surface area (Å²) in [5.74, 6) is 0. The van der Waals surface area contributed by atoms with Crippen LogP contribution in [0.4, 0.5) is 5.69 Å². The summed E-state index contributed by atoms with van der Waals surface area (Å²) < 4.78 is 0. The van der Waals surface area contributed by atoms with Crippen molar-refractivity contribution < 1.29 is 0 Å². The summed E-state index contributed by atoms with van der Waals surface area (Å²) in [6, 6.07) is 8.54. The Morgan fingerprint density at radius 2 is 1.94 bits per heavy atom. The predicted molar refractivity (Wildman–Crippen MR) is 73.9 cm³/mol. The predicted octanol–water partition coefficient (Wildman–Crippen LogP) is 3.03. The normalized spacial score (nSPS) is 12.1. The van der Waals surface area contributed by atoms with Crippen LogP contribution in [-0.2, 0) is 0 Å². The third kappa shape index (κ3) is 3.20. The lowest BCUT2D eigenvalue weighted by atomic mass is 10.1. The van der Waals surface area contributed by atoms with Gasteiger partial charge in [-0.05, 0) is 44.0 Å². The van der Waals surface area contributed by atoms with E-state index in [4.69, 9.17) is 0 Å². The second-order valence-corrected chi connectivity index (χ2v) is 4.28. The molecule has 1 aromatic heterocycles. The second-order valence-electron chi connectivity index (χ2n) is 4.28. The van der Waals surface area contributed by atoms with Gasteiger partial charge in [-0.15, -0.1) is 6.58 Å². The van der Waals surface area contributed by atoms with Crippen LogP contribution in [0.5, 0.6) is 0 Å². The molecule has 94 valence electrons. The lowest BCUT2D eigenvalue weighted by Crippen LogP contribution is -2.14. The van der Waals surface area contributed by atoms with E-state index >= 15 is 0 Å². The summed E-state index contributed by atoms with van der Waals surface area (Å²) in [7, 11) is 0. The molecular formula is C14H18N4. The standard InChI is InChI=1S/C14H18N4/c1-3-4-5-12(2)17-13-6-8-14(9-7-13)18-15-10-11-16-18/h3,6-12,17H,1,4-5H2,2H3. The fourth-order valence-corrected chi connectivity index (χ4v) is 1.76. The van der Waals surface area contributed by atoms with Gasteiger partial charge in [0.25, 0.3) is 0 Å². The number of hydrogen-bond acceptors (Lipinski definition) is 3. The molecule has 4 heteroatoms. The van der Waals surface area contributed by atoms with Gasteiger partial charge in [0.1, 0.15) is 0 Å². The zero-order chi connectivity index (χ0) is 12.8. The quantitative estimate of drug-likeness (QED) is 0.792. The molecule has 1 unspecified atom stereocenters. The highest BCUT2D eigenvalue weighted by Crippen LogP contribution is 2.14. The average Bonchev–Trinajstić information content (AvgIpc) is 2.91. The maximum Gasteiger partial charge on any atom is 0.0858 e. The Kier molecular flexibility index (Phi) is 4.12. The van der Waals surface area contributed by atoms with Crippen molar-refractivity contribution in [2.45, 2.75) is 25.8 Å². The Balaban J connectivity index is 1.97. The number of aromatic nitrogens is 3. The van der Waals surface area contributed by atoms with Gasteiger partial charge in [-0.25, -0.2) is 0 Å². The highest BCUT2D eigenvalue weighted by Gasteiger charge is 2.02. The SMILES string of the molecule is C=CCCC(C)Nc1ccc(-n2nccn2)cc1. The van der Waals surface area contributed by atoms with Gasteiger partial charge < -0.3 is 5.32 Å². The number of allylic oxidation sites excluding steroid dienone is 1. The summed E-state index contributed by atoms with van der Waals surface area (Å²) in [5, 5.41) is 11.6. The molecule has 0 aliphatic heterocycles. The Bertz CT molecular complexity index is 473. The molecule has 0 radical (unpaired) electrons. The van der Waals surface area contributed by atoms with Gasteiger partial charge >= 0.3 is 0 Å². The molecule has 0 spiro atoms. The van der Waals surface area contributed by atoms with Gasteiger partial charge in [-0.3, -0.25) is 0 Å². The fraction of sp³-hybridized carbons (Fsp3) is 0.286. The van der Waals surface area contributed by atoms with Crippen molar-refractivity contribution in [2.75, 3.05) is 5.32 Å². The average molecular weight is 242 g/mol. The fourth-order valence-electron chi connectivity index (χ4n) is 1.76. The largest absolute Gasteiger partial charge is 0.383 e. The maximum atomic E-state index is 4.09. The van der Waals surface area contributed by atoms with E-state index < -0.39 is 0 Å². The first-order valence-corrected chi connectivity index (χ1v) is 6.14. The molecule has 0 amide bonds. The molecule has 0 saturated heterocycles. The lowest BCUT2D eigenvalue weighted by molar-refractivity contribution is 0.718. The first-order chi connectivity index (χ1) is 8.79. The van der Waals surface area contributed by atoms with Crippen LogP contribution in [-0.4, -0.2) is 21.0 Å². The summed E-state index contributed by atoms with van der Waals surface area (Å²) >= 11 is 0. The number of hydrogen-bond donors (Lipinski definition) is 1. The zero-order valence-corrected chi connectivity index (χ0v) is 10.6. The molecule has 4 nitrogen and oxygen atoms in total. The lowest BCUT2D eigenvalue weighted by Gasteiger charge is -2.14. The molecule has 1 atom stereocenters. The number of rotatable bonds is 6. The molecule has 1 N–H and O–H groups in total. The van der Waals surface area contributed by atoms with Crippen molar-refractivity contribution in [3.8, 4) is 5.69 Å². The van der Waals surface area contributed by atoms with E-state index in [1.54, 1.807) is 17.2 Å². The van der Waals surface area contributed by atoms with Gasteiger partial charge in [0, 0.05) is 11.7 Å². The molecule has 0 aliphatic rings. The number of nitrogens with zero attached hydrogens (tertiary/aromatic N) is 3. The number of nitrogens with one attached hydrogen (secondary N) is 1. The Morgan fingerprint density at radius 3 is 2.56 bits per heavy atom. The van der Waals surface area contributed by atoms with Crippen molar-refractivity contribution in [3.05, 3.63) is 49.3 Å². The summed E-state index contributed by atoms with van der Waals surface area (Å²) in [6.45, 7) is 5.91. The monoisotopic (exact) mass is 242 g/mol. The summed E-state index contributed by atoms with van der Waals surface area (Å²) in [5.41, 5.74) is 2.08. The van der Waals surface area contributed by atoms with Crippen molar-refractivity contribution in [2.24, 2.45) is 0 Å². The van der Waals surface area contributed by atoms with Crippen LogP contribution in [0, 0.1) is 0 Å². The van der Waals surface area contributed by atoms with Crippen LogP contribution in [0.25, 0.3) is 5.69 Å². The van der Waals surface area contributed by atoms with Gasteiger partial charge in [0.15, 0.2) is 0 Å². The van der Waals surface area contributed by atoms with Gasteiger partial charge in [0.2, 0.25) is 0 Å². The van der Waals surface area contributed by atoms with E-state index in [1.165, 1.54) is 0 Å². The Labute approximate surface area is 107 Å². The molecule has 2 aromatic rings. The first-order valence-electron chi connectivity index (χ1n) is 6.14. The molecule has 18 heavy (non-hydrogen) atoms. The Morgan fingerprint density at radius 1 is 1.28 bits per heavy atom. The highest BCUT2D eigenvalue weighted by atomic mass is 15.5. The molecule has 0 aliphatic carbocycles. The Hall–Kier alpha value is -2.10. The van der Waals surface area contributed by atoms with Gasteiger partial charge in [0.05, 0.1) is 18.1 Å². The van der Waals surface area contributed by atoms with Crippen molar-refractivity contribution >= 4 is 5.69 Å². The van der Waals surface area contributed by atoms with E-state index in [0.29, 0.717) is 6.04 Å². The number of anilines is 1. The van der Waals surface area contributed by atoms with Crippen LogP contribution < -0.4 is 5.32 Å². The third-order valence-corrected chi connectivity index (χ3v) is 2.73. The minimum atomic E-state index is 0.441. The number of benzene rings is 1. The molecule has 2 rings (SSSR count). The van der Waals surface area contributed by atoms with E-state index in [-0.39, 0.29) is 0 Å². The second kappa shape index (κ2) is 6.00. The van der Waals surface area contributed by atoms with Crippen LogP contribution in [0.3, 0.4) is 0 Å². The molecule has 1 heterocycles. The topological polar surface area (TPSA) is 42.7 Å². The first kappa shape index (κ1) is 12.4. The van der Waals surface area contributed by atoms with E-state index in [0.717, 1.165) is 24.2 Å². The van der Waals surface area contributed by atoms with Crippen LogP contribution in [0.2, 0.25) is 0 Å². The van der Waals surface area contributed by atoms with Crippen LogP contribution in [0.1, 0.15) is 19.8 Å². The maximum absolute atomic E-state index is 4.09. The molecule has 0 bridgehead atoms. The molecule has 0 saturated carbocycles. The van der Waals surface area contributed by atoms with Crippen LogP contribution >= 0.6 is 0 Å². The molecular weight excluding hydrogens is 224 g/mol. The zero-order valence-electron chi connectivity index (χ0n) is 10.6. The van der Waals surface area contributed by atoms with Crippen LogP contribution in [0.15, 0.2) is 49.3 Å². The summed E-state index contributed by atoms with van der Waals surface area (Å²) in [4.78, 5) is 1.60. The van der Waals surface area contributed by atoms with Crippen molar-refractivity contribution in [3.63, 3.8) is 0 Å². The summed E-state index contributed by atoms with van der Waals surface area (Å²) in [6.07, 6.45) is 7.41. The van der Waals surface area contributed by atoms with E-state index in [9.17, 15) is 0 Å².